The molecule has 1 atom stereocenters. The van der Waals surface area contributed by atoms with E-state index in [2.05, 4.69) is 5.32 Å². The van der Waals surface area contributed by atoms with E-state index < -0.39 is 6.04 Å². The molecule has 6 nitrogen and oxygen atoms in total. The molecule has 0 aromatic heterocycles. The maximum Gasteiger partial charge on any atom is 0.255 e. The van der Waals surface area contributed by atoms with Gasteiger partial charge in [0.05, 0.1) is 26.2 Å². The smallest absolute Gasteiger partial charge is 0.255 e. The summed E-state index contributed by atoms with van der Waals surface area (Å²) in [5, 5.41) is 2.99. The summed E-state index contributed by atoms with van der Waals surface area (Å²) in [6.45, 7) is 2.87. The van der Waals surface area contributed by atoms with Gasteiger partial charge in [-0.2, -0.15) is 0 Å². The molecule has 0 saturated carbocycles. The van der Waals surface area contributed by atoms with Gasteiger partial charge in [0.2, 0.25) is 5.91 Å². The number of nitrogens with zero attached hydrogens (tertiary/aromatic N) is 1. The molecule has 2 amide bonds. The van der Waals surface area contributed by atoms with Crippen molar-refractivity contribution in [3.8, 4) is 11.5 Å². The standard InChI is InChI=1S/C27H28N2O4S/c1-4-33-24-13-12-18(14-25(24)32-2)23(29-17-19-8-5-6-11-22(19)27(29)31)16-26(30)28-20-9-7-10-21(15-20)34-3/h5-15,23H,4,16-17H2,1-3H3,(H,28,30)/t23-/m1/s1. The lowest BCUT2D eigenvalue weighted by molar-refractivity contribution is -0.117. The van der Waals surface area contributed by atoms with Crippen LogP contribution in [-0.2, 0) is 11.3 Å². The Morgan fingerprint density at radius 3 is 2.65 bits per heavy atom. The molecule has 3 aromatic carbocycles. The topological polar surface area (TPSA) is 67.9 Å². The second-order valence-corrected chi connectivity index (χ2v) is 8.81. The SMILES string of the molecule is CCOc1ccc([C@@H](CC(=O)Nc2cccc(SC)c2)N2Cc3ccccc3C2=O)cc1OC. The Morgan fingerprint density at radius 1 is 1.09 bits per heavy atom. The van der Waals surface area contributed by atoms with Gasteiger partial charge < -0.3 is 19.7 Å². The number of carbonyl (C=O) groups is 2. The van der Waals surface area contributed by atoms with E-state index in [0.29, 0.717) is 30.2 Å². The molecular formula is C27H28N2O4S. The quantitative estimate of drug-likeness (QED) is 0.411. The van der Waals surface area contributed by atoms with Crippen LogP contribution in [0.2, 0.25) is 0 Å². The Labute approximate surface area is 204 Å². The van der Waals surface area contributed by atoms with Crippen LogP contribution in [0.3, 0.4) is 0 Å². The van der Waals surface area contributed by atoms with Crippen LogP contribution in [0.15, 0.2) is 71.6 Å². The highest BCUT2D eigenvalue weighted by atomic mass is 32.2. The van der Waals surface area contributed by atoms with Gasteiger partial charge in [0.25, 0.3) is 5.91 Å². The van der Waals surface area contributed by atoms with E-state index in [0.717, 1.165) is 21.7 Å². The molecule has 0 bridgehead atoms. The van der Waals surface area contributed by atoms with Crippen molar-refractivity contribution in [2.24, 2.45) is 0 Å². The number of carbonyl (C=O) groups excluding carboxylic acids is 2. The van der Waals surface area contributed by atoms with Crippen molar-refractivity contribution in [2.45, 2.75) is 30.8 Å². The maximum absolute atomic E-state index is 13.3. The first kappa shape index (κ1) is 23.7. The van der Waals surface area contributed by atoms with Gasteiger partial charge in [-0.3, -0.25) is 9.59 Å². The van der Waals surface area contributed by atoms with Crippen molar-refractivity contribution in [1.82, 2.24) is 4.90 Å². The predicted octanol–water partition coefficient (Wildman–Crippen LogP) is 5.54. The van der Waals surface area contributed by atoms with Crippen molar-refractivity contribution < 1.29 is 19.1 Å². The summed E-state index contributed by atoms with van der Waals surface area (Å²) in [6.07, 6.45) is 2.10. The van der Waals surface area contributed by atoms with E-state index in [1.165, 1.54) is 0 Å². The van der Waals surface area contributed by atoms with Crippen molar-refractivity contribution >= 4 is 29.3 Å². The molecule has 34 heavy (non-hydrogen) atoms. The van der Waals surface area contributed by atoms with Gasteiger partial charge >= 0.3 is 0 Å². The number of nitrogens with one attached hydrogen (secondary N) is 1. The summed E-state index contributed by atoms with van der Waals surface area (Å²) in [7, 11) is 1.58. The largest absolute Gasteiger partial charge is 0.493 e. The van der Waals surface area contributed by atoms with E-state index in [1.54, 1.807) is 23.8 Å². The number of rotatable bonds is 9. The van der Waals surface area contributed by atoms with Gasteiger partial charge in [-0.1, -0.05) is 30.3 Å². The first-order valence-corrected chi connectivity index (χ1v) is 12.4. The molecule has 1 heterocycles. The zero-order valence-corrected chi connectivity index (χ0v) is 20.4. The van der Waals surface area contributed by atoms with Crippen LogP contribution in [0, 0.1) is 0 Å². The van der Waals surface area contributed by atoms with E-state index in [9.17, 15) is 9.59 Å². The van der Waals surface area contributed by atoms with Crippen LogP contribution in [0.25, 0.3) is 0 Å². The average molecular weight is 477 g/mol. The third kappa shape index (κ3) is 5.04. The van der Waals surface area contributed by atoms with Gasteiger partial charge in [0.1, 0.15) is 0 Å². The summed E-state index contributed by atoms with van der Waals surface area (Å²) in [6, 6.07) is 20.4. The number of benzene rings is 3. The zero-order chi connectivity index (χ0) is 24.1. The van der Waals surface area contributed by atoms with Gasteiger partial charge in [0.15, 0.2) is 11.5 Å². The minimum Gasteiger partial charge on any atom is -0.493 e. The van der Waals surface area contributed by atoms with Crippen molar-refractivity contribution in [1.29, 1.82) is 0 Å². The van der Waals surface area contributed by atoms with Crippen LogP contribution in [0.5, 0.6) is 11.5 Å². The van der Waals surface area contributed by atoms with E-state index in [4.69, 9.17) is 9.47 Å². The van der Waals surface area contributed by atoms with E-state index in [1.807, 2.05) is 79.9 Å². The molecule has 0 spiro atoms. The van der Waals surface area contributed by atoms with E-state index >= 15 is 0 Å². The highest BCUT2D eigenvalue weighted by Gasteiger charge is 2.34. The molecule has 0 saturated heterocycles. The highest BCUT2D eigenvalue weighted by Crippen LogP contribution is 2.37. The van der Waals surface area contributed by atoms with Crippen LogP contribution < -0.4 is 14.8 Å². The Hall–Kier alpha value is -3.45. The number of fused-ring (bicyclic) bond motifs is 1. The summed E-state index contributed by atoms with van der Waals surface area (Å²) in [4.78, 5) is 29.3. The average Bonchev–Trinajstić information content (AvgIpc) is 3.19. The molecular weight excluding hydrogens is 448 g/mol. The highest BCUT2D eigenvalue weighted by molar-refractivity contribution is 7.98. The van der Waals surface area contributed by atoms with Gasteiger partial charge in [-0.05, 0) is 60.7 Å². The van der Waals surface area contributed by atoms with Gasteiger partial charge in [-0.25, -0.2) is 0 Å². The number of amides is 2. The molecule has 3 aromatic rings. The Morgan fingerprint density at radius 2 is 1.91 bits per heavy atom. The lowest BCUT2D eigenvalue weighted by Gasteiger charge is -2.28. The third-order valence-corrected chi connectivity index (χ3v) is 6.56. The molecule has 1 N–H and O–H groups in total. The molecule has 7 heteroatoms. The monoisotopic (exact) mass is 476 g/mol. The molecule has 4 rings (SSSR count). The molecule has 0 unspecified atom stereocenters. The summed E-state index contributed by atoms with van der Waals surface area (Å²) >= 11 is 1.61. The fourth-order valence-electron chi connectivity index (χ4n) is 4.19. The number of hydrogen-bond donors (Lipinski definition) is 1. The van der Waals surface area contributed by atoms with E-state index in [-0.39, 0.29) is 18.2 Å². The number of thioether (sulfide) groups is 1. The van der Waals surface area contributed by atoms with Crippen LogP contribution in [0.4, 0.5) is 5.69 Å². The van der Waals surface area contributed by atoms with Gasteiger partial charge in [0, 0.05) is 22.7 Å². The van der Waals surface area contributed by atoms with Crippen LogP contribution in [0.1, 0.15) is 40.9 Å². The lowest BCUT2D eigenvalue weighted by Crippen LogP contribution is -2.32. The molecule has 1 aliphatic heterocycles. The third-order valence-electron chi connectivity index (χ3n) is 5.83. The summed E-state index contributed by atoms with van der Waals surface area (Å²) in [5.41, 5.74) is 3.19. The first-order chi connectivity index (χ1) is 16.5. The first-order valence-electron chi connectivity index (χ1n) is 11.2. The molecule has 1 aliphatic rings. The minimum atomic E-state index is -0.465. The van der Waals surface area contributed by atoms with Crippen molar-refractivity contribution in [3.05, 3.63) is 83.4 Å². The summed E-state index contributed by atoms with van der Waals surface area (Å²) in [5.74, 6) is 0.953. The molecule has 0 radical (unpaired) electrons. The number of methoxy groups -OCH3 is 1. The minimum absolute atomic E-state index is 0.0781. The van der Waals surface area contributed by atoms with Crippen LogP contribution in [-0.4, -0.2) is 36.7 Å². The maximum atomic E-state index is 13.3. The zero-order valence-electron chi connectivity index (χ0n) is 19.5. The number of ether oxygens (including phenoxy) is 2. The number of anilines is 1. The predicted molar refractivity (Wildman–Crippen MR) is 135 cm³/mol. The fraction of sp³-hybridized carbons (Fsp3) is 0.259. The second-order valence-electron chi connectivity index (χ2n) is 7.93. The Balaban J connectivity index is 1.64. The molecule has 0 fully saturated rings. The second kappa shape index (κ2) is 10.7. The van der Waals surface area contributed by atoms with Crippen molar-refractivity contribution in [3.63, 3.8) is 0 Å². The van der Waals surface area contributed by atoms with Crippen molar-refractivity contribution in [2.75, 3.05) is 25.3 Å². The van der Waals surface area contributed by atoms with Crippen LogP contribution >= 0.6 is 11.8 Å². The van der Waals surface area contributed by atoms with Gasteiger partial charge in [-0.15, -0.1) is 11.8 Å². The normalized spacial score (nSPS) is 13.4. The fourth-order valence-corrected chi connectivity index (χ4v) is 4.65. The lowest BCUT2D eigenvalue weighted by atomic mass is 10.0. The molecule has 176 valence electrons. The molecule has 0 aliphatic carbocycles. The Kier molecular flexibility index (Phi) is 7.43. The number of hydrogen-bond acceptors (Lipinski definition) is 5. The summed E-state index contributed by atoms with van der Waals surface area (Å²) < 4.78 is 11.2. The Bertz CT molecular complexity index is 1200.